The molecule has 5 N–H and O–H groups in total. The first kappa shape index (κ1) is 24.7. The van der Waals surface area contributed by atoms with E-state index in [1.165, 1.54) is 16.7 Å². The number of aryl methyl sites for hydroxylation is 1. The maximum atomic E-state index is 13.1. The van der Waals surface area contributed by atoms with Gasteiger partial charge < -0.3 is 21.0 Å². The van der Waals surface area contributed by atoms with Gasteiger partial charge >= 0.3 is 11.6 Å². The number of pyridine rings is 1. The molecule has 2 aliphatic rings. The molecule has 2 aliphatic heterocycles. The van der Waals surface area contributed by atoms with Gasteiger partial charge in [0, 0.05) is 17.6 Å². The van der Waals surface area contributed by atoms with Crippen molar-refractivity contribution in [2.75, 3.05) is 18.1 Å². The van der Waals surface area contributed by atoms with Crippen LogP contribution >= 0.6 is 23.1 Å². The number of nitrogens with one attached hydrogen (secondary N) is 2. The van der Waals surface area contributed by atoms with Crippen LogP contribution in [0.1, 0.15) is 23.7 Å². The van der Waals surface area contributed by atoms with E-state index in [1.807, 2.05) is 19.2 Å². The van der Waals surface area contributed by atoms with Gasteiger partial charge in [-0.3, -0.25) is 14.5 Å². The van der Waals surface area contributed by atoms with E-state index >= 15 is 0 Å². The van der Waals surface area contributed by atoms with Crippen LogP contribution < -0.4 is 15.6 Å². The molecule has 0 aliphatic carbocycles. The van der Waals surface area contributed by atoms with E-state index in [4.69, 9.17) is 10.6 Å². The number of fused-ring (bicyclic) bond motifs is 2. The zero-order chi connectivity index (χ0) is 26.3. The minimum Gasteiger partial charge on any atom is -0.477 e. The van der Waals surface area contributed by atoms with Crippen molar-refractivity contribution in [2.45, 2.75) is 31.7 Å². The molecule has 3 aromatic rings. The molecular formula is C22H23N8O5S2+. The summed E-state index contributed by atoms with van der Waals surface area (Å²) in [6.07, 6.45) is 3.76. The highest BCUT2D eigenvalue weighted by molar-refractivity contribution is 8.00. The van der Waals surface area contributed by atoms with Crippen LogP contribution in [0.4, 0.5) is 5.13 Å². The Morgan fingerprint density at radius 2 is 2.27 bits per heavy atom. The lowest BCUT2D eigenvalue weighted by Gasteiger charge is -2.49. The molecule has 0 aromatic carbocycles. The number of hydrogen-bond acceptors (Lipinski definition) is 10. The van der Waals surface area contributed by atoms with Gasteiger partial charge in [0.1, 0.15) is 35.6 Å². The number of carboxylic acid groups (broad SMARTS) is 1. The van der Waals surface area contributed by atoms with Gasteiger partial charge in [-0.05, 0) is 36.0 Å². The SMILES string of the molecule is CCON=C(C(=O)N[C@@H]1C(=O)N2C(C(=O)O)=C(Cc3cc(C)c[n+]4[nH]cnc34)CS[C@@H]12)c1csc(N)n1. The predicted molar refractivity (Wildman–Crippen MR) is 135 cm³/mol. The topological polar surface area (TPSA) is 180 Å². The number of carbonyl (C=O) groups excluding carboxylic acids is 2. The average Bonchev–Trinajstić information content (AvgIpc) is 3.51. The lowest BCUT2D eigenvalue weighted by molar-refractivity contribution is -0.578. The number of rotatable bonds is 8. The first-order chi connectivity index (χ1) is 17.8. The number of oxime groups is 1. The minimum atomic E-state index is -1.20. The second-order valence-corrected chi connectivity index (χ2v) is 10.3. The summed E-state index contributed by atoms with van der Waals surface area (Å²) in [6, 6.07) is 1.02. The third-order valence-electron chi connectivity index (χ3n) is 5.84. The lowest BCUT2D eigenvalue weighted by atomic mass is 9.98. The van der Waals surface area contributed by atoms with Gasteiger partial charge in [0.2, 0.25) is 6.33 Å². The smallest absolute Gasteiger partial charge is 0.352 e. The number of thioether (sulfide) groups is 1. The first-order valence-electron chi connectivity index (χ1n) is 11.2. The monoisotopic (exact) mass is 543 g/mol. The number of nitrogens with zero attached hydrogens (tertiary/aromatic N) is 5. The van der Waals surface area contributed by atoms with Crippen molar-refractivity contribution in [3.05, 3.63) is 52.1 Å². The Morgan fingerprint density at radius 3 is 2.97 bits per heavy atom. The van der Waals surface area contributed by atoms with Gasteiger partial charge in [0.05, 0.1) is 5.56 Å². The molecule has 0 bridgehead atoms. The average molecular weight is 544 g/mol. The molecule has 15 heteroatoms. The fraction of sp³-hybridized carbons (Fsp3) is 0.318. The maximum Gasteiger partial charge on any atom is 0.352 e. The van der Waals surface area contributed by atoms with Crippen LogP contribution in [-0.2, 0) is 25.6 Å². The van der Waals surface area contributed by atoms with E-state index in [1.54, 1.807) is 23.1 Å². The summed E-state index contributed by atoms with van der Waals surface area (Å²) in [6.45, 7) is 3.87. The molecular weight excluding hydrogens is 520 g/mol. The second-order valence-electron chi connectivity index (χ2n) is 8.35. The molecule has 0 unspecified atom stereocenters. The van der Waals surface area contributed by atoms with Crippen molar-refractivity contribution in [3.63, 3.8) is 0 Å². The van der Waals surface area contributed by atoms with Crippen molar-refractivity contribution >= 4 is 57.4 Å². The number of aromatic nitrogens is 4. The number of anilines is 1. The van der Waals surface area contributed by atoms with Crippen molar-refractivity contribution in [3.8, 4) is 0 Å². The number of thiazole rings is 1. The number of nitrogens with two attached hydrogens (primary N) is 1. The molecule has 5 heterocycles. The molecule has 0 saturated carbocycles. The number of aliphatic carboxylic acids is 1. The molecule has 1 fully saturated rings. The Hall–Kier alpha value is -3.98. The summed E-state index contributed by atoms with van der Waals surface area (Å²) in [5.41, 5.74) is 8.82. The van der Waals surface area contributed by atoms with Gasteiger partial charge in [0.15, 0.2) is 10.8 Å². The zero-order valence-electron chi connectivity index (χ0n) is 19.8. The van der Waals surface area contributed by atoms with Gasteiger partial charge in [0.25, 0.3) is 11.8 Å². The number of amides is 2. The fourth-order valence-electron chi connectivity index (χ4n) is 4.31. The molecule has 5 rings (SSSR count). The summed E-state index contributed by atoms with van der Waals surface area (Å²) >= 11 is 2.52. The number of carboxylic acids is 1. The highest BCUT2D eigenvalue weighted by Gasteiger charge is 2.54. The van der Waals surface area contributed by atoms with E-state index < -0.39 is 29.2 Å². The molecule has 3 aromatic heterocycles. The zero-order valence-corrected chi connectivity index (χ0v) is 21.4. The maximum absolute atomic E-state index is 13.1. The number of H-pyrrole nitrogens is 1. The fourth-order valence-corrected chi connectivity index (χ4v) is 6.20. The van der Waals surface area contributed by atoms with Crippen LogP contribution in [0.5, 0.6) is 0 Å². The van der Waals surface area contributed by atoms with Crippen LogP contribution in [-0.4, -0.2) is 72.3 Å². The largest absolute Gasteiger partial charge is 0.477 e. The molecule has 2 atom stereocenters. The van der Waals surface area contributed by atoms with E-state index in [0.29, 0.717) is 23.4 Å². The van der Waals surface area contributed by atoms with Gasteiger partial charge in [-0.1, -0.05) is 5.16 Å². The molecule has 13 nitrogen and oxygen atoms in total. The van der Waals surface area contributed by atoms with Gasteiger partial charge in [-0.15, -0.1) is 27.6 Å². The Bertz CT molecular complexity index is 1480. The number of β-lactam (4-membered cyclic amide) rings is 1. The molecule has 192 valence electrons. The molecule has 2 amide bonds. The Labute approximate surface area is 218 Å². The molecule has 1 saturated heterocycles. The molecule has 37 heavy (non-hydrogen) atoms. The minimum absolute atomic E-state index is 0.0649. The normalized spacial score (nSPS) is 19.6. The quantitative estimate of drug-likeness (QED) is 0.134. The van der Waals surface area contributed by atoms with Crippen molar-refractivity contribution in [2.24, 2.45) is 5.16 Å². The van der Waals surface area contributed by atoms with Crippen LogP contribution in [0.2, 0.25) is 0 Å². The molecule has 0 spiro atoms. The highest BCUT2D eigenvalue weighted by atomic mass is 32.2. The standard InChI is InChI=1S/C22H22N8O5S2/c1-3-35-28-14(13-8-37-22(23)26-13)18(31)27-15-19(32)30-16(21(33)34)12(7-36-20(15)30)5-11-4-10(2)6-29-17(11)24-9-25-29/h4,6,8-9,15,20H,3,5,7H2,1-2H3,(H4,23,26,27,31,33,34)/p+1/t15-,20+/m1/s1. The lowest BCUT2D eigenvalue weighted by Crippen LogP contribution is -2.71. The Kier molecular flexibility index (Phi) is 6.55. The van der Waals surface area contributed by atoms with Crippen LogP contribution in [0.25, 0.3) is 5.65 Å². The third kappa shape index (κ3) is 4.51. The Morgan fingerprint density at radius 1 is 1.46 bits per heavy atom. The van der Waals surface area contributed by atoms with Crippen LogP contribution in [0.15, 0.2) is 40.4 Å². The van der Waals surface area contributed by atoms with E-state index in [0.717, 1.165) is 22.5 Å². The number of hydrogen-bond donors (Lipinski definition) is 4. The van der Waals surface area contributed by atoms with E-state index in [-0.39, 0.29) is 28.8 Å². The Balaban J connectivity index is 1.38. The van der Waals surface area contributed by atoms with Crippen molar-refractivity contribution in [1.82, 2.24) is 25.3 Å². The van der Waals surface area contributed by atoms with Crippen molar-refractivity contribution in [1.29, 1.82) is 0 Å². The first-order valence-corrected chi connectivity index (χ1v) is 13.2. The van der Waals surface area contributed by atoms with Crippen LogP contribution in [0.3, 0.4) is 0 Å². The third-order valence-corrected chi connectivity index (χ3v) is 7.85. The van der Waals surface area contributed by atoms with E-state index in [2.05, 4.69) is 25.5 Å². The van der Waals surface area contributed by atoms with Gasteiger partial charge in [-0.25, -0.2) is 9.78 Å². The number of aromatic amines is 1. The molecule has 0 radical (unpaired) electrons. The van der Waals surface area contributed by atoms with E-state index in [9.17, 15) is 19.5 Å². The van der Waals surface area contributed by atoms with Gasteiger partial charge in [-0.2, -0.15) is 5.10 Å². The number of nitrogen functional groups attached to an aromatic ring is 1. The van der Waals surface area contributed by atoms with Crippen LogP contribution in [0, 0.1) is 6.92 Å². The summed E-state index contributed by atoms with van der Waals surface area (Å²) in [7, 11) is 0. The second kappa shape index (κ2) is 9.82. The summed E-state index contributed by atoms with van der Waals surface area (Å²) in [5, 5.41) is 20.8. The number of carbonyl (C=O) groups is 3. The summed E-state index contributed by atoms with van der Waals surface area (Å²) < 4.78 is 1.77. The summed E-state index contributed by atoms with van der Waals surface area (Å²) in [4.78, 5) is 53.1. The summed E-state index contributed by atoms with van der Waals surface area (Å²) in [5.74, 6) is -2.01. The van der Waals surface area contributed by atoms with Crippen molar-refractivity contribution < 1.29 is 28.8 Å². The highest BCUT2D eigenvalue weighted by Crippen LogP contribution is 2.41. The predicted octanol–water partition coefficient (Wildman–Crippen LogP) is 0.217.